The standard InChI is InChI=1S/C5H6N4OS.C2H6/c6-2-1-3(7)4-8-5(11)10-9-4;1-2/h3H,1,7H2,(H,8,9,11);1-2H3/t3-;/m0./s1. The summed E-state index contributed by atoms with van der Waals surface area (Å²) in [6.07, 6.45) is 0.192. The van der Waals surface area contributed by atoms with Crippen LogP contribution in [0.5, 0.6) is 0 Å². The maximum Gasteiger partial charge on any atom is 0.314 e. The van der Waals surface area contributed by atoms with Crippen LogP contribution in [-0.2, 0) is 0 Å². The monoisotopic (exact) mass is 200 g/mol. The zero-order valence-electron chi connectivity index (χ0n) is 7.57. The molecule has 0 amide bonds. The SMILES string of the molecule is CC.N#CC[C@H](N)c1nc(=S)o[nH]1. The Labute approximate surface area is 81.5 Å². The van der Waals surface area contributed by atoms with Crippen LogP contribution >= 0.6 is 12.2 Å². The second kappa shape index (κ2) is 6.34. The van der Waals surface area contributed by atoms with E-state index in [4.69, 9.17) is 11.0 Å². The highest BCUT2D eigenvalue weighted by Gasteiger charge is 2.08. The summed E-state index contributed by atoms with van der Waals surface area (Å²) in [5.74, 6) is 0.413. The molecule has 1 heterocycles. The minimum absolute atomic E-state index is 0.105. The summed E-state index contributed by atoms with van der Waals surface area (Å²) in [7, 11) is 0. The first-order valence-corrected chi connectivity index (χ1v) is 4.33. The van der Waals surface area contributed by atoms with Crippen LogP contribution in [0.3, 0.4) is 0 Å². The average molecular weight is 200 g/mol. The summed E-state index contributed by atoms with van der Waals surface area (Å²) in [6, 6.07) is 1.47. The number of aromatic amines is 1. The normalized spacial score (nSPS) is 10.9. The Morgan fingerprint density at radius 1 is 1.77 bits per heavy atom. The molecule has 6 heteroatoms. The van der Waals surface area contributed by atoms with Crippen LogP contribution in [0.2, 0.25) is 0 Å². The van der Waals surface area contributed by atoms with E-state index in [-0.39, 0.29) is 11.3 Å². The van der Waals surface area contributed by atoms with Gasteiger partial charge in [0, 0.05) is 0 Å². The zero-order valence-corrected chi connectivity index (χ0v) is 8.39. The van der Waals surface area contributed by atoms with E-state index in [1.807, 2.05) is 19.9 Å². The summed E-state index contributed by atoms with van der Waals surface area (Å²) in [4.78, 5) is 3.85. The number of nitrogens with one attached hydrogen (secondary N) is 1. The number of H-pyrrole nitrogens is 1. The molecule has 3 N–H and O–H groups in total. The van der Waals surface area contributed by atoms with Crippen molar-refractivity contribution in [2.75, 3.05) is 0 Å². The Morgan fingerprint density at radius 2 is 2.38 bits per heavy atom. The van der Waals surface area contributed by atoms with Crippen molar-refractivity contribution in [1.82, 2.24) is 10.1 Å². The first kappa shape index (κ1) is 11.8. The number of nitriles is 1. The predicted molar refractivity (Wildman–Crippen MR) is 50.2 cm³/mol. The minimum atomic E-state index is -0.444. The number of nitrogens with two attached hydrogens (primary N) is 1. The lowest BCUT2D eigenvalue weighted by Crippen LogP contribution is -2.10. The first-order chi connectivity index (χ1) is 6.24. The smallest absolute Gasteiger partial charge is 0.314 e. The van der Waals surface area contributed by atoms with E-state index in [0.717, 1.165) is 0 Å². The summed E-state index contributed by atoms with van der Waals surface area (Å²) in [5, 5.41) is 10.7. The van der Waals surface area contributed by atoms with E-state index < -0.39 is 6.04 Å². The molecule has 0 radical (unpaired) electrons. The van der Waals surface area contributed by atoms with Crippen LogP contribution in [0.4, 0.5) is 0 Å². The summed E-state index contributed by atoms with van der Waals surface area (Å²) in [6.45, 7) is 4.00. The van der Waals surface area contributed by atoms with Gasteiger partial charge < -0.3 is 10.3 Å². The molecule has 0 aliphatic rings. The highest BCUT2D eigenvalue weighted by atomic mass is 32.1. The Bertz CT molecular complexity index is 324. The molecule has 0 unspecified atom stereocenters. The molecule has 5 nitrogen and oxygen atoms in total. The highest BCUT2D eigenvalue weighted by molar-refractivity contribution is 7.71. The molecule has 13 heavy (non-hydrogen) atoms. The van der Waals surface area contributed by atoms with Crippen LogP contribution in [0.15, 0.2) is 4.52 Å². The van der Waals surface area contributed by atoms with Crippen molar-refractivity contribution in [3.8, 4) is 6.07 Å². The van der Waals surface area contributed by atoms with Gasteiger partial charge in [0.1, 0.15) is 0 Å². The van der Waals surface area contributed by atoms with Crippen molar-refractivity contribution in [2.45, 2.75) is 26.3 Å². The lowest BCUT2D eigenvalue weighted by atomic mass is 10.2. The number of aromatic nitrogens is 2. The van der Waals surface area contributed by atoms with Gasteiger partial charge in [-0.3, -0.25) is 0 Å². The number of rotatable bonds is 2. The van der Waals surface area contributed by atoms with Gasteiger partial charge in [0.2, 0.25) is 0 Å². The third-order valence-electron chi connectivity index (χ3n) is 1.12. The Morgan fingerprint density at radius 3 is 2.77 bits per heavy atom. The largest absolute Gasteiger partial charge is 0.348 e. The highest BCUT2D eigenvalue weighted by Crippen LogP contribution is 2.06. The first-order valence-electron chi connectivity index (χ1n) is 3.92. The molecule has 1 aromatic heterocycles. The van der Waals surface area contributed by atoms with Crippen molar-refractivity contribution < 1.29 is 4.52 Å². The van der Waals surface area contributed by atoms with E-state index in [2.05, 4.69) is 26.9 Å². The molecule has 0 aliphatic carbocycles. The van der Waals surface area contributed by atoms with Crippen LogP contribution in [-0.4, -0.2) is 10.1 Å². The molecular formula is C7H12N4OS. The van der Waals surface area contributed by atoms with Gasteiger partial charge in [-0.25, -0.2) is 5.16 Å². The molecule has 1 rings (SSSR count). The fraction of sp³-hybridized carbons (Fsp3) is 0.571. The second-order valence-electron chi connectivity index (χ2n) is 1.94. The molecule has 0 bridgehead atoms. The average Bonchev–Trinajstić information content (AvgIpc) is 2.56. The molecule has 0 spiro atoms. The topological polar surface area (TPSA) is 91.6 Å². The van der Waals surface area contributed by atoms with Crippen LogP contribution in [0.25, 0.3) is 0 Å². The van der Waals surface area contributed by atoms with Crippen LogP contribution in [0, 0.1) is 16.2 Å². The summed E-state index contributed by atoms with van der Waals surface area (Å²) < 4.78 is 4.62. The number of hydrogen-bond acceptors (Lipinski definition) is 5. The molecule has 72 valence electrons. The van der Waals surface area contributed by atoms with Gasteiger partial charge in [0.15, 0.2) is 5.82 Å². The Balaban J connectivity index is 0.000000671. The van der Waals surface area contributed by atoms with Gasteiger partial charge >= 0.3 is 4.84 Å². The summed E-state index contributed by atoms with van der Waals surface area (Å²) >= 11 is 4.59. The minimum Gasteiger partial charge on any atom is -0.348 e. The zero-order chi connectivity index (χ0) is 10.3. The van der Waals surface area contributed by atoms with Gasteiger partial charge in [-0.2, -0.15) is 10.2 Å². The quantitative estimate of drug-likeness (QED) is 0.708. The molecule has 0 fully saturated rings. The molecule has 0 saturated carbocycles. The van der Waals surface area contributed by atoms with Gasteiger partial charge in [0.25, 0.3) is 0 Å². The van der Waals surface area contributed by atoms with Crippen LogP contribution < -0.4 is 5.73 Å². The van der Waals surface area contributed by atoms with Crippen molar-refractivity contribution in [3.05, 3.63) is 10.7 Å². The fourth-order valence-electron chi connectivity index (χ4n) is 0.594. The number of hydrogen-bond donors (Lipinski definition) is 2. The molecule has 1 atom stereocenters. The molecule has 1 aromatic rings. The van der Waals surface area contributed by atoms with E-state index in [0.29, 0.717) is 5.82 Å². The van der Waals surface area contributed by atoms with Gasteiger partial charge in [-0.15, -0.1) is 0 Å². The maximum atomic E-state index is 8.28. The van der Waals surface area contributed by atoms with Crippen molar-refractivity contribution in [1.29, 1.82) is 5.26 Å². The predicted octanol–water partition coefficient (Wildman–Crippen LogP) is 1.67. The van der Waals surface area contributed by atoms with E-state index in [1.54, 1.807) is 0 Å². The van der Waals surface area contributed by atoms with E-state index in [9.17, 15) is 0 Å². The lowest BCUT2D eigenvalue weighted by molar-refractivity contribution is 0.394. The second-order valence-corrected chi connectivity index (χ2v) is 2.29. The van der Waals surface area contributed by atoms with Gasteiger partial charge in [0.05, 0.1) is 18.5 Å². The fourth-order valence-corrected chi connectivity index (χ4v) is 0.734. The number of nitrogens with zero attached hydrogens (tertiary/aromatic N) is 2. The third kappa shape index (κ3) is 3.83. The van der Waals surface area contributed by atoms with Crippen LogP contribution in [0.1, 0.15) is 32.1 Å². The Kier molecular flexibility index (Phi) is 5.76. The van der Waals surface area contributed by atoms with Crippen molar-refractivity contribution in [3.63, 3.8) is 0 Å². The maximum absolute atomic E-state index is 8.28. The van der Waals surface area contributed by atoms with E-state index in [1.165, 1.54) is 0 Å². The third-order valence-corrected chi connectivity index (χ3v) is 1.29. The summed E-state index contributed by atoms with van der Waals surface area (Å²) in [5.41, 5.74) is 5.50. The molecular weight excluding hydrogens is 188 g/mol. The van der Waals surface area contributed by atoms with Gasteiger partial charge in [-0.05, 0) is 12.2 Å². The lowest BCUT2D eigenvalue weighted by Gasteiger charge is -1.98. The molecule has 0 aliphatic heterocycles. The molecule has 0 saturated heterocycles. The van der Waals surface area contributed by atoms with Gasteiger partial charge in [-0.1, -0.05) is 13.8 Å². The van der Waals surface area contributed by atoms with Crippen molar-refractivity contribution >= 4 is 12.2 Å². The molecule has 0 aromatic carbocycles. The van der Waals surface area contributed by atoms with Crippen molar-refractivity contribution in [2.24, 2.45) is 5.73 Å². The Hall–Kier alpha value is -1.19. The van der Waals surface area contributed by atoms with E-state index >= 15 is 0 Å².